The van der Waals surface area contributed by atoms with Crippen molar-refractivity contribution in [2.75, 3.05) is 5.73 Å². The van der Waals surface area contributed by atoms with Gasteiger partial charge in [-0.1, -0.05) is 29.5 Å². The third kappa shape index (κ3) is 1.44. The van der Waals surface area contributed by atoms with E-state index in [0.717, 1.165) is 21.3 Å². The molecule has 2 heterocycles. The predicted octanol–water partition coefficient (Wildman–Crippen LogP) is 2.94. The highest BCUT2D eigenvalue weighted by Crippen LogP contribution is 2.32. The second kappa shape index (κ2) is 3.57. The van der Waals surface area contributed by atoms with Crippen LogP contribution >= 0.6 is 11.3 Å². The Balaban J connectivity index is 2.31. The number of pyridine rings is 1. The zero-order valence-corrected chi connectivity index (χ0v) is 9.24. The largest absolute Gasteiger partial charge is 0.375 e. The minimum Gasteiger partial charge on any atom is -0.375 e. The van der Waals surface area contributed by atoms with Crippen LogP contribution in [0, 0.1) is 0 Å². The number of nitrogens with two attached hydrogens (primary N) is 1. The summed E-state index contributed by atoms with van der Waals surface area (Å²) in [6.07, 6.45) is 3.62. The molecule has 78 valence electrons. The lowest BCUT2D eigenvalue weighted by Gasteiger charge is -2.02. The van der Waals surface area contributed by atoms with Gasteiger partial charge in [0, 0.05) is 23.3 Å². The van der Waals surface area contributed by atoms with Gasteiger partial charge in [-0.25, -0.2) is 4.98 Å². The Bertz CT molecular complexity index is 640. The molecule has 0 fully saturated rings. The molecule has 2 aromatic heterocycles. The molecule has 0 amide bonds. The number of hydrogen-bond acceptors (Lipinski definition) is 4. The summed E-state index contributed by atoms with van der Waals surface area (Å²) < 4.78 is 0. The van der Waals surface area contributed by atoms with E-state index in [1.165, 1.54) is 11.3 Å². The maximum Gasteiger partial charge on any atom is 0.180 e. The van der Waals surface area contributed by atoms with Gasteiger partial charge in [0.25, 0.3) is 0 Å². The summed E-state index contributed by atoms with van der Waals surface area (Å²) >= 11 is 1.49. The summed E-state index contributed by atoms with van der Waals surface area (Å²) in [5, 5.41) is 1.73. The van der Waals surface area contributed by atoms with Crippen LogP contribution in [0.15, 0.2) is 42.7 Å². The normalized spacial score (nSPS) is 10.8. The van der Waals surface area contributed by atoms with Crippen molar-refractivity contribution in [2.45, 2.75) is 0 Å². The van der Waals surface area contributed by atoms with Crippen molar-refractivity contribution in [1.29, 1.82) is 0 Å². The Labute approximate surface area is 96.6 Å². The molecule has 4 heteroatoms. The fourth-order valence-electron chi connectivity index (χ4n) is 1.72. The topological polar surface area (TPSA) is 51.8 Å². The standard InChI is InChI=1S/C12H9N3S/c13-12-15-7-11(16-12)9-5-6-14-10-4-2-1-3-8(9)10/h1-7H,(H2,13,15). The second-order valence-electron chi connectivity index (χ2n) is 3.44. The molecule has 0 aliphatic carbocycles. The maximum atomic E-state index is 5.65. The predicted molar refractivity (Wildman–Crippen MR) is 67.3 cm³/mol. The second-order valence-corrected chi connectivity index (χ2v) is 4.50. The van der Waals surface area contributed by atoms with Gasteiger partial charge in [-0.3, -0.25) is 4.98 Å². The number of anilines is 1. The van der Waals surface area contributed by atoms with Crippen molar-refractivity contribution in [3.63, 3.8) is 0 Å². The fourth-order valence-corrected chi connectivity index (χ4v) is 2.45. The Morgan fingerprint density at radius 1 is 1.06 bits per heavy atom. The smallest absolute Gasteiger partial charge is 0.180 e. The summed E-state index contributed by atoms with van der Waals surface area (Å²) in [7, 11) is 0. The van der Waals surface area contributed by atoms with Crippen molar-refractivity contribution in [1.82, 2.24) is 9.97 Å². The van der Waals surface area contributed by atoms with Crippen LogP contribution in [-0.2, 0) is 0 Å². The number of benzene rings is 1. The summed E-state index contributed by atoms with van der Waals surface area (Å²) in [4.78, 5) is 9.48. The first-order chi connectivity index (χ1) is 7.84. The molecule has 3 nitrogen and oxygen atoms in total. The van der Waals surface area contributed by atoms with E-state index < -0.39 is 0 Å². The average Bonchev–Trinajstić information content (AvgIpc) is 2.75. The quantitative estimate of drug-likeness (QED) is 0.695. The Kier molecular flexibility index (Phi) is 2.08. The highest BCUT2D eigenvalue weighted by Gasteiger charge is 2.06. The lowest BCUT2D eigenvalue weighted by Crippen LogP contribution is -1.81. The first kappa shape index (κ1) is 9.30. The number of para-hydroxylation sites is 1. The maximum absolute atomic E-state index is 5.65. The van der Waals surface area contributed by atoms with Crippen LogP contribution in [0.25, 0.3) is 21.3 Å². The van der Waals surface area contributed by atoms with E-state index in [1.807, 2.05) is 36.7 Å². The molecule has 0 radical (unpaired) electrons. The first-order valence-electron chi connectivity index (χ1n) is 4.90. The number of thiazole rings is 1. The SMILES string of the molecule is Nc1ncc(-c2ccnc3ccccc23)s1. The Morgan fingerprint density at radius 2 is 1.94 bits per heavy atom. The molecule has 1 aromatic carbocycles. The van der Waals surface area contributed by atoms with Crippen molar-refractivity contribution in [2.24, 2.45) is 0 Å². The summed E-state index contributed by atoms with van der Waals surface area (Å²) in [5.74, 6) is 0. The van der Waals surface area contributed by atoms with E-state index in [0.29, 0.717) is 5.13 Å². The van der Waals surface area contributed by atoms with Crippen LogP contribution in [-0.4, -0.2) is 9.97 Å². The van der Waals surface area contributed by atoms with Crippen molar-refractivity contribution >= 4 is 27.4 Å². The van der Waals surface area contributed by atoms with Gasteiger partial charge in [0.15, 0.2) is 5.13 Å². The van der Waals surface area contributed by atoms with Crippen LogP contribution in [0.2, 0.25) is 0 Å². The van der Waals surface area contributed by atoms with Crippen LogP contribution in [0.1, 0.15) is 0 Å². The molecular formula is C12H9N3S. The minimum absolute atomic E-state index is 0.593. The van der Waals surface area contributed by atoms with Crippen LogP contribution in [0.3, 0.4) is 0 Å². The Morgan fingerprint density at radius 3 is 2.75 bits per heavy atom. The number of nitrogens with zero attached hydrogens (tertiary/aromatic N) is 2. The number of aromatic nitrogens is 2. The molecule has 3 rings (SSSR count). The van der Waals surface area contributed by atoms with Gasteiger partial charge in [-0.05, 0) is 12.1 Å². The van der Waals surface area contributed by atoms with Crippen LogP contribution in [0.5, 0.6) is 0 Å². The zero-order chi connectivity index (χ0) is 11.0. The molecule has 0 aliphatic heterocycles. The molecule has 0 unspecified atom stereocenters. The van der Waals surface area contributed by atoms with Gasteiger partial charge < -0.3 is 5.73 Å². The number of hydrogen-bond donors (Lipinski definition) is 1. The molecule has 0 bridgehead atoms. The van der Waals surface area contributed by atoms with Crippen LogP contribution in [0.4, 0.5) is 5.13 Å². The summed E-state index contributed by atoms with van der Waals surface area (Å²) in [6.45, 7) is 0. The lowest BCUT2D eigenvalue weighted by atomic mass is 10.1. The number of nitrogen functional groups attached to an aromatic ring is 1. The van der Waals surface area contributed by atoms with Gasteiger partial charge in [0.2, 0.25) is 0 Å². The van der Waals surface area contributed by atoms with Gasteiger partial charge in [-0.2, -0.15) is 0 Å². The van der Waals surface area contributed by atoms with Gasteiger partial charge in [0.1, 0.15) is 0 Å². The van der Waals surface area contributed by atoms with E-state index in [9.17, 15) is 0 Å². The fraction of sp³-hybridized carbons (Fsp3) is 0. The van der Waals surface area contributed by atoms with E-state index >= 15 is 0 Å². The van der Waals surface area contributed by atoms with E-state index in [4.69, 9.17) is 5.73 Å². The molecule has 0 spiro atoms. The van der Waals surface area contributed by atoms with Crippen molar-refractivity contribution in [3.8, 4) is 10.4 Å². The zero-order valence-electron chi connectivity index (χ0n) is 8.42. The molecule has 0 aliphatic rings. The number of rotatable bonds is 1. The third-order valence-corrected chi connectivity index (χ3v) is 3.30. The molecule has 3 aromatic rings. The Hall–Kier alpha value is -1.94. The third-order valence-electron chi connectivity index (χ3n) is 2.44. The molecule has 0 atom stereocenters. The molecule has 0 saturated heterocycles. The average molecular weight is 227 g/mol. The molecule has 0 saturated carbocycles. The van der Waals surface area contributed by atoms with Crippen LogP contribution < -0.4 is 5.73 Å². The molecule has 16 heavy (non-hydrogen) atoms. The van der Waals surface area contributed by atoms with E-state index in [2.05, 4.69) is 16.0 Å². The highest BCUT2D eigenvalue weighted by atomic mass is 32.1. The first-order valence-corrected chi connectivity index (χ1v) is 5.72. The summed E-state index contributed by atoms with van der Waals surface area (Å²) in [6, 6.07) is 10.1. The van der Waals surface area contributed by atoms with Crippen molar-refractivity contribution < 1.29 is 0 Å². The van der Waals surface area contributed by atoms with Gasteiger partial charge in [-0.15, -0.1) is 0 Å². The molecule has 2 N–H and O–H groups in total. The lowest BCUT2D eigenvalue weighted by molar-refractivity contribution is 1.40. The summed E-state index contributed by atoms with van der Waals surface area (Å²) in [5.41, 5.74) is 7.78. The van der Waals surface area contributed by atoms with Crippen molar-refractivity contribution in [3.05, 3.63) is 42.7 Å². The molecular weight excluding hydrogens is 218 g/mol. The van der Waals surface area contributed by atoms with Gasteiger partial charge in [0.05, 0.1) is 10.4 Å². The van der Waals surface area contributed by atoms with E-state index in [1.54, 1.807) is 0 Å². The van der Waals surface area contributed by atoms with E-state index in [-0.39, 0.29) is 0 Å². The monoisotopic (exact) mass is 227 g/mol. The minimum atomic E-state index is 0.593. The highest BCUT2D eigenvalue weighted by molar-refractivity contribution is 7.18. The number of fused-ring (bicyclic) bond motifs is 1. The van der Waals surface area contributed by atoms with Gasteiger partial charge >= 0.3 is 0 Å².